The van der Waals surface area contributed by atoms with Crippen LogP contribution >= 0.6 is 0 Å². The smallest absolute Gasteiger partial charge is 0.111 e. The highest BCUT2D eigenvalue weighted by molar-refractivity contribution is 4.77. The van der Waals surface area contributed by atoms with E-state index in [1.54, 1.807) is 0 Å². The van der Waals surface area contributed by atoms with Crippen molar-refractivity contribution in [3.8, 4) is 0 Å². The summed E-state index contributed by atoms with van der Waals surface area (Å²) in [6.07, 6.45) is 0. The summed E-state index contributed by atoms with van der Waals surface area (Å²) in [6.45, 7) is 2.04. The van der Waals surface area contributed by atoms with Gasteiger partial charge in [0.25, 0.3) is 0 Å². The van der Waals surface area contributed by atoms with Gasteiger partial charge >= 0.3 is 0 Å². The number of aliphatic hydroxyl groups excluding tert-OH is 2. The van der Waals surface area contributed by atoms with Crippen LogP contribution in [-0.4, -0.2) is 34.1 Å². The molecule has 0 aromatic carbocycles. The molecule has 0 rings (SSSR count). The third kappa shape index (κ3) is 2.56. The van der Waals surface area contributed by atoms with Gasteiger partial charge in [0.05, 0.1) is 13.2 Å². The van der Waals surface area contributed by atoms with E-state index in [1.807, 2.05) is 0 Å². The quantitative estimate of drug-likeness (QED) is 0.402. The van der Waals surface area contributed by atoms with Crippen LogP contribution in [0.15, 0.2) is 0 Å². The van der Waals surface area contributed by atoms with Crippen molar-refractivity contribution in [3.63, 3.8) is 0 Å². The molecule has 0 saturated carbocycles. The SMILES string of the molecule is [CH2]C(O)(CO)CO. The Morgan fingerprint density at radius 3 is 1.57 bits per heavy atom. The molecule has 0 unspecified atom stereocenters. The van der Waals surface area contributed by atoms with E-state index in [1.165, 1.54) is 0 Å². The highest BCUT2D eigenvalue weighted by Gasteiger charge is 2.15. The summed E-state index contributed by atoms with van der Waals surface area (Å²) < 4.78 is 0. The first kappa shape index (κ1) is 6.88. The van der Waals surface area contributed by atoms with E-state index in [0.717, 1.165) is 0 Å². The zero-order valence-electron chi connectivity index (χ0n) is 3.96. The highest BCUT2D eigenvalue weighted by Crippen LogP contribution is 1.95. The molecule has 0 heterocycles. The monoisotopic (exact) mass is 105 g/mol. The van der Waals surface area contributed by atoms with Crippen molar-refractivity contribution in [2.45, 2.75) is 5.60 Å². The van der Waals surface area contributed by atoms with Crippen molar-refractivity contribution >= 4 is 0 Å². The Labute approximate surface area is 42.2 Å². The molecule has 1 radical (unpaired) electrons. The number of hydrogen-bond acceptors (Lipinski definition) is 3. The molecule has 7 heavy (non-hydrogen) atoms. The molecule has 3 nitrogen and oxygen atoms in total. The van der Waals surface area contributed by atoms with Gasteiger partial charge in [-0.15, -0.1) is 0 Å². The molecule has 3 heteroatoms. The molecule has 0 amide bonds. The summed E-state index contributed by atoms with van der Waals surface area (Å²) in [4.78, 5) is 0. The van der Waals surface area contributed by atoms with Gasteiger partial charge in [0.2, 0.25) is 0 Å². The summed E-state index contributed by atoms with van der Waals surface area (Å²) in [5.74, 6) is 0. The van der Waals surface area contributed by atoms with E-state index in [-0.39, 0.29) is 0 Å². The molecule has 0 aromatic rings. The van der Waals surface area contributed by atoms with Crippen LogP contribution < -0.4 is 0 Å². The van der Waals surface area contributed by atoms with E-state index >= 15 is 0 Å². The van der Waals surface area contributed by atoms with Gasteiger partial charge in [0, 0.05) is 0 Å². The predicted octanol–water partition coefficient (Wildman–Crippen LogP) is -1.46. The predicted molar refractivity (Wildman–Crippen MR) is 24.5 cm³/mol. The topological polar surface area (TPSA) is 60.7 Å². The molecule has 0 aromatic heterocycles. The van der Waals surface area contributed by atoms with Crippen LogP contribution in [0.3, 0.4) is 0 Å². The van der Waals surface area contributed by atoms with Crippen molar-refractivity contribution in [1.29, 1.82) is 0 Å². The van der Waals surface area contributed by atoms with E-state index in [2.05, 4.69) is 6.92 Å². The standard InChI is InChI=1S/C4H9O3/c1-4(7,2-5)3-6/h5-7H,1-3H2. The minimum atomic E-state index is -1.56. The molecule has 0 aliphatic carbocycles. The number of rotatable bonds is 2. The minimum Gasteiger partial charge on any atom is -0.393 e. The van der Waals surface area contributed by atoms with Crippen molar-refractivity contribution in [2.24, 2.45) is 0 Å². The van der Waals surface area contributed by atoms with Crippen LogP contribution in [0.1, 0.15) is 0 Å². The second-order valence-electron chi connectivity index (χ2n) is 1.54. The summed E-state index contributed by atoms with van der Waals surface area (Å²) in [6, 6.07) is 0. The molecule has 0 spiro atoms. The fourth-order valence-corrected chi connectivity index (χ4v) is 0.0500. The van der Waals surface area contributed by atoms with Gasteiger partial charge in [-0.25, -0.2) is 0 Å². The van der Waals surface area contributed by atoms with Gasteiger partial charge in [0.1, 0.15) is 5.60 Å². The molecule has 0 atom stereocenters. The fraction of sp³-hybridized carbons (Fsp3) is 0.750. The Morgan fingerprint density at radius 2 is 1.57 bits per heavy atom. The normalized spacial score (nSPS) is 12.0. The van der Waals surface area contributed by atoms with Crippen LogP contribution in [0.25, 0.3) is 0 Å². The maximum absolute atomic E-state index is 8.52. The molecular weight excluding hydrogens is 96.0 g/mol. The molecule has 0 bridgehead atoms. The Hall–Kier alpha value is -0.120. The third-order valence-corrected chi connectivity index (χ3v) is 0.589. The van der Waals surface area contributed by atoms with Gasteiger partial charge in [-0.3, -0.25) is 0 Å². The first-order valence-corrected chi connectivity index (χ1v) is 1.92. The van der Waals surface area contributed by atoms with Crippen LogP contribution in [0.5, 0.6) is 0 Å². The minimum absolute atomic E-state index is 0.510. The first-order chi connectivity index (χ1) is 3.12. The van der Waals surface area contributed by atoms with Gasteiger partial charge in [-0.1, -0.05) is 0 Å². The molecule has 0 fully saturated rings. The molecule has 0 saturated heterocycles. The highest BCUT2D eigenvalue weighted by atomic mass is 16.4. The lowest BCUT2D eigenvalue weighted by atomic mass is 10.1. The molecule has 0 aliphatic rings. The Bertz CT molecular complexity index is 44.9. The maximum atomic E-state index is 8.52. The van der Waals surface area contributed by atoms with Gasteiger partial charge in [0.15, 0.2) is 0 Å². The van der Waals surface area contributed by atoms with E-state index < -0.39 is 18.8 Å². The van der Waals surface area contributed by atoms with Gasteiger partial charge in [-0.2, -0.15) is 0 Å². The van der Waals surface area contributed by atoms with E-state index in [0.29, 0.717) is 0 Å². The second kappa shape index (κ2) is 2.26. The van der Waals surface area contributed by atoms with E-state index in [9.17, 15) is 0 Å². The fourth-order valence-electron chi connectivity index (χ4n) is 0.0500. The zero-order valence-corrected chi connectivity index (χ0v) is 3.96. The lowest BCUT2D eigenvalue weighted by Crippen LogP contribution is -2.33. The number of hydrogen-bond donors (Lipinski definition) is 3. The molecular formula is C4H9O3. The summed E-state index contributed by atoms with van der Waals surface area (Å²) in [5, 5.41) is 24.8. The Kier molecular flexibility index (Phi) is 2.22. The van der Waals surface area contributed by atoms with Gasteiger partial charge in [-0.05, 0) is 6.92 Å². The largest absolute Gasteiger partial charge is 0.393 e. The zero-order chi connectivity index (χ0) is 5.91. The van der Waals surface area contributed by atoms with Gasteiger partial charge < -0.3 is 15.3 Å². The average Bonchev–Trinajstić information content (AvgIpc) is 1.68. The van der Waals surface area contributed by atoms with Crippen molar-refractivity contribution in [3.05, 3.63) is 6.92 Å². The van der Waals surface area contributed by atoms with Crippen molar-refractivity contribution in [2.75, 3.05) is 13.2 Å². The first-order valence-electron chi connectivity index (χ1n) is 1.92. The van der Waals surface area contributed by atoms with Crippen LogP contribution in [0, 0.1) is 6.92 Å². The molecule has 43 valence electrons. The summed E-state index contributed by atoms with van der Waals surface area (Å²) >= 11 is 0. The van der Waals surface area contributed by atoms with Crippen LogP contribution in [0.4, 0.5) is 0 Å². The Morgan fingerprint density at radius 1 is 1.29 bits per heavy atom. The Balaban J connectivity index is 3.36. The molecule has 0 aliphatic heterocycles. The maximum Gasteiger partial charge on any atom is 0.111 e. The molecule has 3 N–H and O–H groups in total. The summed E-state index contributed by atoms with van der Waals surface area (Å²) in [7, 11) is 0. The van der Waals surface area contributed by atoms with E-state index in [4.69, 9.17) is 15.3 Å². The van der Waals surface area contributed by atoms with Crippen molar-refractivity contribution in [1.82, 2.24) is 0 Å². The number of aliphatic hydroxyl groups is 3. The lowest BCUT2D eigenvalue weighted by molar-refractivity contribution is -0.0193. The van der Waals surface area contributed by atoms with Crippen LogP contribution in [-0.2, 0) is 0 Å². The third-order valence-electron chi connectivity index (χ3n) is 0.589. The lowest BCUT2D eigenvalue weighted by Gasteiger charge is -2.14. The second-order valence-corrected chi connectivity index (χ2v) is 1.54. The average molecular weight is 105 g/mol. The van der Waals surface area contributed by atoms with Crippen LogP contribution in [0.2, 0.25) is 0 Å². The van der Waals surface area contributed by atoms with Crippen molar-refractivity contribution < 1.29 is 15.3 Å². The summed E-state index contributed by atoms with van der Waals surface area (Å²) in [5.41, 5.74) is -1.56.